The van der Waals surface area contributed by atoms with Gasteiger partial charge in [-0.3, -0.25) is 9.59 Å². The maximum Gasteiger partial charge on any atom is 0.155 e. The highest BCUT2D eigenvalue weighted by molar-refractivity contribution is 7.15. The molecule has 3 unspecified atom stereocenters. The standard InChI is InChI=1S/C21H21NO3S/c1-9-4-5-12(10(2)8-9)21-22-18(11(3)26-21)17-19(23)15-13-6-7-14(25-13)16(15)20(17)24/h4-5,8,13-17H,6-7H2,1-3H3/t13?,14?,15-,16+,17?. The zero-order chi connectivity index (χ0) is 18.2. The van der Waals surface area contributed by atoms with Crippen molar-refractivity contribution in [3.63, 3.8) is 0 Å². The van der Waals surface area contributed by atoms with E-state index >= 15 is 0 Å². The summed E-state index contributed by atoms with van der Waals surface area (Å²) in [7, 11) is 0. The number of hydrogen-bond acceptors (Lipinski definition) is 5. The molecule has 4 nitrogen and oxygen atoms in total. The Morgan fingerprint density at radius 2 is 1.69 bits per heavy atom. The van der Waals surface area contributed by atoms with E-state index in [0.29, 0.717) is 5.69 Å². The number of ketones is 2. The van der Waals surface area contributed by atoms with E-state index in [9.17, 15) is 9.59 Å². The molecule has 3 fully saturated rings. The highest BCUT2D eigenvalue weighted by atomic mass is 32.1. The van der Waals surface area contributed by atoms with Crippen LogP contribution in [-0.2, 0) is 14.3 Å². The fourth-order valence-electron chi connectivity index (χ4n) is 5.04. The molecule has 2 aliphatic heterocycles. The Bertz CT molecular complexity index is 919. The lowest BCUT2D eigenvalue weighted by Crippen LogP contribution is -2.29. The minimum atomic E-state index is -0.687. The molecule has 1 aromatic heterocycles. The summed E-state index contributed by atoms with van der Waals surface area (Å²) in [6, 6.07) is 6.29. The number of aryl methyl sites for hydroxylation is 3. The van der Waals surface area contributed by atoms with Crippen molar-refractivity contribution in [1.82, 2.24) is 4.98 Å². The number of thiazole rings is 1. The van der Waals surface area contributed by atoms with Gasteiger partial charge in [-0.05, 0) is 39.2 Å². The molecule has 0 amide bonds. The zero-order valence-corrected chi connectivity index (χ0v) is 15.9. The molecule has 0 spiro atoms. The molecule has 3 heterocycles. The minimum absolute atomic E-state index is 0.0350. The summed E-state index contributed by atoms with van der Waals surface area (Å²) in [4.78, 5) is 31.9. The lowest BCUT2D eigenvalue weighted by Gasteiger charge is -2.16. The van der Waals surface area contributed by atoms with Crippen LogP contribution in [0.1, 0.15) is 40.5 Å². The Labute approximate surface area is 156 Å². The monoisotopic (exact) mass is 367 g/mol. The Hall–Kier alpha value is -1.85. The van der Waals surface area contributed by atoms with Crippen LogP contribution < -0.4 is 0 Å². The van der Waals surface area contributed by atoms with Crippen LogP contribution in [0.4, 0.5) is 0 Å². The number of ether oxygens (including phenoxy) is 1. The fourth-order valence-corrected chi connectivity index (χ4v) is 6.08. The topological polar surface area (TPSA) is 56.3 Å². The van der Waals surface area contributed by atoms with Gasteiger partial charge in [-0.1, -0.05) is 23.8 Å². The van der Waals surface area contributed by atoms with Gasteiger partial charge in [0.05, 0.1) is 29.7 Å². The molecule has 1 aliphatic carbocycles. The van der Waals surface area contributed by atoms with Gasteiger partial charge in [0.1, 0.15) is 10.9 Å². The average molecular weight is 367 g/mol. The van der Waals surface area contributed by atoms with Crippen molar-refractivity contribution >= 4 is 22.9 Å². The predicted octanol–water partition coefficient (Wildman–Crippen LogP) is 3.76. The molecule has 2 saturated heterocycles. The van der Waals surface area contributed by atoms with Crippen LogP contribution in [0.2, 0.25) is 0 Å². The number of nitrogens with zero attached hydrogens (tertiary/aromatic N) is 1. The van der Waals surface area contributed by atoms with Gasteiger partial charge in [0.25, 0.3) is 0 Å². The molecular formula is C21H21NO3S. The summed E-state index contributed by atoms with van der Waals surface area (Å²) in [6.07, 6.45) is 1.71. The summed E-state index contributed by atoms with van der Waals surface area (Å²) in [5.41, 5.74) is 4.13. The largest absolute Gasteiger partial charge is 0.373 e. The third-order valence-corrected chi connectivity index (χ3v) is 7.24. The van der Waals surface area contributed by atoms with Crippen LogP contribution in [0.3, 0.4) is 0 Å². The molecular weight excluding hydrogens is 346 g/mol. The number of fused-ring (bicyclic) bond motifs is 5. The normalized spacial score (nSPS) is 32.5. The lowest BCUT2D eigenvalue weighted by molar-refractivity contribution is -0.127. The maximum atomic E-state index is 13.1. The third-order valence-electron chi connectivity index (χ3n) is 6.22. The third kappa shape index (κ3) is 2.13. The fraction of sp³-hybridized carbons (Fsp3) is 0.476. The molecule has 134 valence electrons. The second kappa shape index (κ2) is 5.57. The molecule has 5 rings (SSSR count). The first-order valence-corrected chi connectivity index (χ1v) is 10.0. The van der Waals surface area contributed by atoms with Gasteiger partial charge in [-0.2, -0.15) is 0 Å². The molecule has 26 heavy (non-hydrogen) atoms. The molecule has 2 bridgehead atoms. The number of aromatic nitrogens is 1. The molecule has 0 N–H and O–H groups in total. The molecule has 2 aromatic rings. The van der Waals surface area contributed by atoms with Crippen molar-refractivity contribution in [1.29, 1.82) is 0 Å². The summed E-state index contributed by atoms with van der Waals surface area (Å²) < 4.78 is 5.84. The second-order valence-corrected chi connectivity index (χ2v) is 9.06. The van der Waals surface area contributed by atoms with E-state index in [1.54, 1.807) is 11.3 Å². The van der Waals surface area contributed by atoms with Crippen molar-refractivity contribution in [3.8, 4) is 10.6 Å². The first-order valence-electron chi connectivity index (χ1n) is 9.23. The van der Waals surface area contributed by atoms with Gasteiger partial charge in [0.15, 0.2) is 11.6 Å². The lowest BCUT2D eigenvalue weighted by atomic mass is 9.81. The van der Waals surface area contributed by atoms with Crippen molar-refractivity contribution in [2.75, 3.05) is 0 Å². The van der Waals surface area contributed by atoms with Gasteiger partial charge < -0.3 is 4.74 Å². The molecule has 3 aliphatic rings. The zero-order valence-electron chi connectivity index (χ0n) is 15.1. The Balaban J connectivity index is 1.54. The Morgan fingerprint density at radius 3 is 2.31 bits per heavy atom. The van der Waals surface area contributed by atoms with Crippen LogP contribution in [0.25, 0.3) is 10.6 Å². The van der Waals surface area contributed by atoms with Crippen LogP contribution in [0.5, 0.6) is 0 Å². The Kier molecular flexibility index (Phi) is 3.50. The van der Waals surface area contributed by atoms with Crippen molar-refractivity contribution < 1.29 is 14.3 Å². The van der Waals surface area contributed by atoms with Gasteiger partial charge >= 0.3 is 0 Å². The quantitative estimate of drug-likeness (QED) is 0.759. The second-order valence-electron chi connectivity index (χ2n) is 7.86. The molecule has 5 atom stereocenters. The summed E-state index contributed by atoms with van der Waals surface area (Å²) in [5, 5.41) is 0.895. The van der Waals surface area contributed by atoms with E-state index in [2.05, 4.69) is 32.0 Å². The van der Waals surface area contributed by atoms with E-state index in [0.717, 1.165) is 33.9 Å². The number of benzene rings is 1. The van der Waals surface area contributed by atoms with Crippen LogP contribution in [0.15, 0.2) is 18.2 Å². The summed E-state index contributed by atoms with van der Waals surface area (Å²) in [5.74, 6) is -1.10. The smallest absolute Gasteiger partial charge is 0.155 e. The van der Waals surface area contributed by atoms with Crippen molar-refractivity contribution in [2.24, 2.45) is 11.8 Å². The highest BCUT2D eigenvalue weighted by Gasteiger charge is 2.63. The van der Waals surface area contributed by atoms with Crippen LogP contribution in [0, 0.1) is 32.6 Å². The number of rotatable bonds is 2. The minimum Gasteiger partial charge on any atom is -0.373 e. The predicted molar refractivity (Wildman–Crippen MR) is 99.4 cm³/mol. The number of Topliss-reactive ketones (excluding diaryl/α,β-unsaturated/α-hetero) is 2. The number of carbonyl (C=O) groups is 2. The summed E-state index contributed by atoms with van der Waals surface area (Å²) in [6.45, 7) is 6.12. The van der Waals surface area contributed by atoms with E-state index < -0.39 is 5.92 Å². The van der Waals surface area contributed by atoms with E-state index in [-0.39, 0.29) is 35.6 Å². The highest BCUT2D eigenvalue weighted by Crippen LogP contribution is 2.52. The van der Waals surface area contributed by atoms with E-state index in [1.165, 1.54) is 5.56 Å². The van der Waals surface area contributed by atoms with Gasteiger partial charge in [0, 0.05) is 10.4 Å². The summed E-state index contributed by atoms with van der Waals surface area (Å²) >= 11 is 1.58. The Morgan fingerprint density at radius 1 is 1.04 bits per heavy atom. The SMILES string of the molecule is Cc1ccc(-c2nc(C3C(=O)[C@@H]4C5CCC(O5)[C@@H]4C3=O)c(C)s2)c(C)c1. The number of carbonyl (C=O) groups excluding carboxylic acids is 2. The van der Waals surface area contributed by atoms with Gasteiger partial charge in [0.2, 0.25) is 0 Å². The molecule has 1 aromatic carbocycles. The molecule has 1 saturated carbocycles. The van der Waals surface area contributed by atoms with Crippen LogP contribution >= 0.6 is 11.3 Å². The van der Waals surface area contributed by atoms with Gasteiger partial charge in [-0.15, -0.1) is 11.3 Å². The maximum absolute atomic E-state index is 13.1. The van der Waals surface area contributed by atoms with Crippen molar-refractivity contribution in [3.05, 3.63) is 39.9 Å². The van der Waals surface area contributed by atoms with E-state index in [1.807, 2.05) is 6.92 Å². The van der Waals surface area contributed by atoms with E-state index in [4.69, 9.17) is 9.72 Å². The first-order chi connectivity index (χ1) is 12.5. The van der Waals surface area contributed by atoms with Gasteiger partial charge in [-0.25, -0.2) is 4.98 Å². The van der Waals surface area contributed by atoms with Crippen LogP contribution in [-0.4, -0.2) is 28.8 Å². The molecule has 0 radical (unpaired) electrons. The van der Waals surface area contributed by atoms with Crippen molar-refractivity contribution in [2.45, 2.75) is 51.7 Å². The first kappa shape index (κ1) is 16.3. The average Bonchev–Trinajstić information content (AvgIpc) is 3.33. The molecule has 5 heteroatoms. The number of hydrogen-bond donors (Lipinski definition) is 0.